The lowest BCUT2D eigenvalue weighted by atomic mass is 9.89. The van der Waals surface area contributed by atoms with Crippen molar-refractivity contribution in [2.75, 3.05) is 9.80 Å². The van der Waals surface area contributed by atoms with E-state index in [9.17, 15) is 0 Å². The van der Waals surface area contributed by atoms with Crippen LogP contribution in [0.3, 0.4) is 0 Å². The van der Waals surface area contributed by atoms with E-state index in [0.29, 0.717) is 0 Å². The maximum Gasteiger partial charge on any atom is 0.137 e. The molecule has 1 aliphatic heterocycles. The van der Waals surface area contributed by atoms with E-state index in [2.05, 4.69) is 219 Å². The van der Waals surface area contributed by atoms with Crippen molar-refractivity contribution in [3.8, 4) is 33.8 Å². The van der Waals surface area contributed by atoms with E-state index in [1.54, 1.807) is 0 Å². The monoisotopic (exact) mass is 720 g/mol. The minimum absolute atomic E-state index is 0.863. The summed E-state index contributed by atoms with van der Waals surface area (Å²) in [6, 6.07) is 67.5. The predicted molar refractivity (Wildman–Crippen MR) is 236 cm³/mol. The van der Waals surface area contributed by atoms with Crippen LogP contribution in [0.1, 0.15) is 16.7 Å². The summed E-state index contributed by atoms with van der Waals surface area (Å²) in [5.41, 5.74) is 15.1. The number of hydrogen-bond acceptors (Lipinski definition) is 3. The maximum absolute atomic E-state index is 6.83. The third-order valence-corrected chi connectivity index (χ3v) is 11.0. The van der Waals surface area contributed by atoms with Gasteiger partial charge < -0.3 is 14.5 Å². The van der Waals surface area contributed by atoms with Gasteiger partial charge in [-0.25, -0.2) is 0 Å². The summed E-state index contributed by atoms with van der Waals surface area (Å²) >= 11 is 0. The van der Waals surface area contributed by atoms with Crippen molar-refractivity contribution >= 4 is 55.7 Å². The molecule has 3 nitrogen and oxygen atoms in total. The molecule has 9 aromatic rings. The Hall–Kier alpha value is -7.10. The van der Waals surface area contributed by atoms with Gasteiger partial charge in [0, 0.05) is 45.5 Å². The standard InChI is InChI=1S/C53H40N2O/c1-35-30-36(2)53(37(3)31-35)55(43-18-11-6-12-19-43)45-28-29-46-49-33-40-23-22-39(32-48(40)47-20-13-21-50(52(47)49)56-51(46)34-45)38-24-26-44(27-25-38)54(41-14-7-4-8-15-41)42-16-9-5-10-17-42/h4-34H,1-3H3. The summed E-state index contributed by atoms with van der Waals surface area (Å²) in [5.74, 6) is 1.75. The average molecular weight is 721 g/mol. The summed E-state index contributed by atoms with van der Waals surface area (Å²) < 4.78 is 6.83. The molecule has 10 rings (SSSR count). The Balaban J connectivity index is 1.04. The molecule has 0 saturated heterocycles. The van der Waals surface area contributed by atoms with Gasteiger partial charge in [0.15, 0.2) is 0 Å². The Labute approximate surface area is 328 Å². The topological polar surface area (TPSA) is 15.7 Å². The van der Waals surface area contributed by atoms with Crippen LogP contribution in [0.5, 0.6) is 11.5 Å². The minimum Gasteiger partial charge on any atom is -0.456 e. The summed E-state index contributed by atoms with van der Waals surface area (Å²) in [4.78, 5) is 4.66. The van der Waals surface area contributed by atoms with Gasteiger partial charge in [0.2, 0.25) is 0 Å². The van der Waals surface area contributed by atoms with Crippen molar-refractivity contribution in [3.05, 3.63) is 205 Å². The molecule has 3 heteroatoms. The molecule has 0 fully saturated rings. The summed E-state index contributed by atoms with van der Waals surface area (Å²) in [7, 11) is 0. The molecule has 0 N–H and O–H groups in total. The Morgan fingerprint density at radius 2 is 0.946 bits per heavy atom. The largest absolute Gasteiger partial charge is 0.456 e. The number of benzene rings is 9. The first-order valence-electron chi connectivity index (χ1n) is 19.3. The lowest BCUT2D eigenvalue weighted by Crippen LogP contribution is -2.13. The first-order valence-corrected chi connectivity index (χ1v) is 19.3. The Kier molecular flexibility index (Phi) is 8.15. The molecule has 0 aromatic heterocycles. The van der Waals surface area contributed by atoms with E-state index in [4.69, 9.17) is 4.74 Å². The Morgan fingerprint density at radius 1 is 0.375 bits per heavy atom. The van der Waals surface area contributed by atoms with Crippen LogP contribution in [0, 0.1) is 20.8 Å². The Morgan fingerprint density at radius 3 is 1.59 bits per heavy atom. The zero-order chi connectivity index (χ0) is 37.8. The number of anilines is 6. The highest BCUT2D eigenvalue weighted by molar-refractivity contribution is 6.18. The van der Waals surface area contributed by atoms with Crippen LogP contribution in [0.15, 0.2) is 188 Å². The van der Waals surface area contributed by atoms with Gasteiger partial charge >= 0.3 is 0 Å². The van der Waals surface area contributed by atoms with E-state index >= 15 is 0 Å². The zero-order valence-electron chi connectivity index (χ0n) is 31.7. The molecular weight excluding hydrogens is 681 g/mol. The van der Waals surface area contributed by atoms with Crippen LogP contribution in [0.2, 0.25) is 0 Å². The van der Waals surface area contributed by atoms with E-state index < -0.39 is 0 Å². The van der Waals surface area contributed by atoms with Crippen LogP contribution >= 0.6 is 0 Å². The molecule has 9 aromatic carbocycles. The van der Waals surface area contributed by atoms with Crippen LogP contribution in [-0.4, -0.2) is 0 Å². The molecule has 0 aliphatic carbocycles. The number of rotatable bonds is 7. The van der Waals surface area contributed by atoms with Crippen LogP contribution in [-0.2, 0) is 0 Å². The second kappa shape index (κ2) is 13.6. The quantitative estimate of drug-likeness (QED) is 0.152. The van der Waals surface area contributed by atoms with E-state index in [1.807, 2.05) is 0 Å². The third kappa shape index (κ3) is 5.77. The molecule has 1 aliphatic rings. The third-order valence-electron chi connectivity index (χ3n) is 11.0. The average Bonchev–Trinajstić information content (AvgIpc) is 3.23. The van der Waals surface area contributed by atoms with Crippen molar-refractivity contribution in [1.29, 1.82) is 0 Å². The second-order valence-electron chi connectivity index (χ2n) is 14.8. The molecule has 0 atom stereocenters. The van der Waals surface area contributed by atoms with Gasteiger partial charge in [-0.15, -0.1) is 0 Å². The lowest BCUT2D eigenvalue weighted by Gasteiger charge is -2.30. The summed E-state index contributed by atoms with van der Waals surface area (Å²) in [6.07, 6.45) is 0. The number of para-hydroxylation sites is 3. The predicted octanol–water partition coefficient (Wildman–Crippen LogP) is 15.3. The number of fused-ring (bicyclic) bond motifs is 4. The van der Waals surface area contributed by atoms with E-state index in [1.165, 1.54) is 55.2 Å². The molecule has 0 bridgehead atoms. The van der Waals surface area contributed by atoms with Crippen LogP contribution in [0.25, 0.3) is 43.8 Å². The Bertz CT molecular complexity index is 2840. The highest BCUT2D eigenvalue weighted by Gasteiger charge is 2.25. The molecule has 0 spiro atoms. The van der Waals surface area contributed by atoms with Crippen molar-refractivity contribution in [3.63, 3.8) is 0 Å². The van der Waals surface area contributed by atoms with E-state index in [0.717, 1.165) is 50.9 Å². The molecule has 56 heavy (non-hydrogen) atoms. The highest BCUT2D eigenvalue weighted by atomic mass is 16.5. The SMILES string of the molecule is Cc1cc(C)c(N(c2ccccc2)c2ccc3c(c2)Oc2cccc4c2c-3cc2ccc(-c3ccc(N(c5ccccc5)c5ccccc5)cc3)cc24)c(C)c1. The molecule has 0 radical (unpaired) electrons. The smallest absolute Gasteiger partial charge is 0.137 e. The van der Waals surface area contributed by atoms with Gasteiger partial charge in [0.1, 0.15) is 11.5 Å². The van der Waals surface area contributed by atoms with Gasteiger partial charge in [-0.3, -0.25) is 0 Å². The fourth-order valence-electron chi connectivity index (χ4n) is 8.64. The normalized spacial score (nSPS) is 11.6. The molecule has 0 saturated carbocycles. The first kappa shape index (κ1) is 33.5. The molecule has 0 amide bonds. The fourth-order valence-corrected chi connectivity index (χ4v) is 8.64. The van der Waals surface area contributed by atoms with Crippen LogP contribution in [0.4, 0.5) is 34.1 Å². The fraction of sp³-hybridized carbons (Fsp3) is 0.0566. The van der Waals surface area contributed by atoms with Crippen molar-refractivity contribution < 1.29 is 4.74 Å². The number of hydrogen-bond donors (Lipinski definition) is 0. The second-order valence-corrected chi connectivity index (χ2v) is 14.8. The lowest BCUT2D eigenvalue weighted by molar-refractivity contribution is 0.487. The number of ether oxygens (including phenoxy) is 1. The number of aryl methyl sites for hydroxylation is 3. The van der Waals surface area contributed by atoms with Gasteiger partial charge in [-0.1, -0.05) is 109 Å². The van der Waals surface area contributed by atoms with E-state index in [-0.39, 0.29) is 0 Å². The maximum atomic E-state index is 6.83. The van der Waals surface area contributed by atoms with Gasteiger partial charge in [-0.2, -0.15) is 0 Å². The van der Waals surface area contributed by atoms with Gasteiger partial charge in [0.05, 0.1) is 5.69 Å². The first-order chi connectivity index (χ1) is 27.5. The summed E-state index contributed by atoms with van der Waals surface area (Å²) in [5, 5.41) is 4.77. The zero-order valence-corrected chi connectivity index (χ0v) is 31.7. The van der Waals surface area contributed by atoms with Gasteiger partial charge in [0.25, 0.3) is 0 Å². The molecule has 268 valence electrons. The van der Waals surface area contributed by atoms with Crippen molar-refractivity contribution in [2.45, 2.75) is 20.8 Å². The van der Waals surface area contributed by atoms with Crippen molar-refractivity contribution in [2.24, 2.45) is 0 Å². The minimum atomic E-state index is 0.863. The van der Waals surface area contributed by atoms with Crippen molar-refractivity contribution in [1.82, 2.24) is 0 Å². The molecular formula is C53H40N2O. The summed E-state index contributed by atoms with van der Waals surface area (Å²) in [6.45, 7) is 6.57. The molecule has 0 unspecified atom stereocenters. The van der Waals surface area contributed by atoms with Gasteiger partial charge in [-0.05, 0) is 144 Å². The highest BCUT2D eigenvalue weighted by Crippen LogP contribution is 2.51. The number of nitrogens with zero attached hydrogens (tertiary/aromatic N) is 2. The molecule has 1 heterocycles. The van der Waals surface area contributed by atoms with Crippen LogP contribution < -0.4 is 14.5 Å².